The van der Waals surface area contributed by atoms with Crippen LogP contribution in [0.25, 0.3) is 0 Å². The molecule has 1 aromatic rings. The zero-order valence-electron chi connectivity index (χ0n) is 8.04. The Kier molecular flexibility index (Phi) is 2.26. The van der Waals surface area contributed by atoms with Gasteiger partial charge >= 0.3 is 0 Å². The Labute approximate surface area is 87.3 Å². The molecule has 0 atom stereocenters. The van der Waals surface area contributed by atoms with E-state index in [0.717, 1.165) is 16.7 Å². The maximum absolute atomic E-state index is 11.4. The molecule has 0 unspecified atom stereocenters. The molecule has 0 aliphatic heterocycles. The molecule has 0 bridgehead atoms. The first-order chi connectivity index (χ1) is 7.18. The number of Topliss-reactive ketones (excluding diaryl/α,β-unsaturated/α-hetero) is 1. The summed E-state index contributed by atoms with van der Waals surface area (Å²) in [5.74, 6) is 4.46. The molecule has 0 radical (unpaired) electrons. The summed E-state index contributed by atoms with van der Waals surface area (Å²) in [4.78, 5) is 21.9. The van der Waals surface area contributed by atoms with Crippen LogP contribution in [0.5, 0.6) is 0 Å². The van der Waals surface area contributed by atoms with E-state index in [-0.39, 0.29) is 5.78 Å². The summed E-state index contributed by atoms with van der Waals surface area (Å²) in [5.41, 5.74) is 7.34. The third-order valence-electron chi connectivity index (χ3n) is 2.40. The molecule has 3 heteroatoms. The van der Waals surface area contributed by atoms with E-state index in [2.05, 4.69) is 11.8 Å². The summed E-state index contributed by atoms with van der Waals surface area (Å²) in [5, 5.41) is 0. The number of hydrogen-bond acceptors (Lipinski definition) is 2. The van der Waals surface area contributed by atoms with Crippen LogP contribution < -0.4 is 5.73 Å². The molecule has 15 heavy (non-hydrogen) atoms. The van der Waals surface area contributed by atoms with Gasteiger partial charge in [-0.05, 0) is 24.0 Å². The zero-order chi connectivity index (χ0) is 10.8. The van der Waals surface area contributed by atoms with Crippen LogP contribution in [-0.2, 0) is 11.2 Å². The molecule has 1 amide bonds. The van der Waals surface area contributed by atoms with Gasteiger partial charge in [-0.15, -0.1) is 0 Å². The molecule has 0 saturated heterocycles. The first kappa shape index (κ1) is 9.47. The van der Waals surface area contributed by atoms with Crippen molar-refractivity contribution in [2.45, 2.75) is 12.8 Å². The Hall–Kier alpha value is -2.08. The van der Waals surface area contributed by atoms with Gasteiger partial charge in [-0.1, -0.05) is 18.1 Å². The summed E-state index contributed by atoms with van der Waals surface area (Å²) >= 11 is 0. The van der Waals surface area contributed by atoms with E-state index >= 15 is 0 Å². The molecule has 0 aromatic heterocycles. The van der Waals surface area contributed by atoms with Crippen molar-refractivity contribution >= 4 is 11.7 Å². The van der Waals surface area contributed by atoms with Gasteiger partial charge in [0.15, 0.2) is 5.78 Å². The van der Waals surface area contributed by atoms with Gasteiger partial charge < -0.3 is 5.73 Å². The monoisotopic (exact) mass is 199 g/mol. The van der Waals surface area contributed by atoms with Crippen LogP contribution in [0.1, 0.15) is 27.9 Å². The lowest BCUT2D eigenvalue weighted by molar-refractivity contribution is -0.112. The Bertz CT molecular complexity index is 506. The second-order valence-corrected chi connectivity index (χ2v) is 3.37. The molecule has 0 fully saturated rings. The lowest BCUT2D eigenvalue weighted by Crippen LogP contribution is -2.06. The molecule has 0 heterocycles. The number of fused-ring (bicyclic) bond motifs is 1. The second-order valence-electron chi connectivity index (χ2n) is 3.37. The third-order valence-corrected chi connectivity index (χ3v) is 2.40. The van der Waals surface area contributed by atoms with Gasteiger partial charge in [-0.25, -0.2) is 0 Å². The number of carbonyl (C=O) groups is 2. The highest BCUT2D eigenvalue weighted by Gasteiger charge is 2.20. The molecule has 2 rings (SSSR count). The fourth-order valence-corrected chi connectivity index (χ4v) is 1.74. The van der Waals surface area contributed by atoms with Crippen molar-refractivity contribution in [1.29, 1.82) is 0 Å². The average molecular weight is 199 g/mol. The van der Waals surface area contributed by atoms with E-state index in [1.54, 1.807) is 18.2 Å². The lowest BCUT2D eigenvalue weighted by Gasteiger charge is -1.99. The molecular weight excluding hydrogens is 190 g/mol. The number of nitrogens with two attached hydrogens (primary N) is 1. The van der Waals surface area contributed by atoms with Gasteiger partial charge in [0.25, 0.3) is 5.91 Å². The summed E-state index contributed by atoms with van der Waals surface area (Å²) in [6.07, 6.45) is 1.24. The first-order valence-corrected chi connectivity index (χ1v) is 4.65. The first-order valence-electron chi connectivity index (χ1n) is 4.65. The van der Waals surface area contributed by atoms with Gasteiger partial charge in [0.2, 0.25) is 0 Å². The Morgan fingerprint density at radius 3 is 2.87 bits per heavy atom. The minimum Gasteiger partial charge on any atom is -0.359 e. The minimum absolute atomic E-state index is 0.146. The highest BCUT2D eigenvalue weighted by Crippen LogP contribution is 2.24. The van der Waals surface area contributed by atoms with Crippen LogP contribution in [0.3, 0.4) is 0 Å². The highest BCUT2D eigenvalue weighted by molar-refractivity contribution is 6.01. The predicted octanol–water partition coefficient (Wildman–Crippen LogP) is 0.652. The predicted molar refractivity (Wildman–Crippen MR) is 55.2 cm³/mol. The Morgan fingerprint density at radius 2 is 2.13 bits per heavy atom. The molecule has 1 aliphatic rings. The van der Waals surface area contributed by atoms with Crippen LogP contribution in [-0.4, -0.2) is 11.7 Å². The largest absolute Gasteiger partial charge is 0.359 e. The number of benzene rings is 1. The van der Waals surface area contributed by atoms with Gasteiger partial charge in [0.05, 0.1) is 0 Å². The topological polar surface area (TPSA) is 60.2 Å². The maximum Gasteiger partial charge on any atom is 0.293 e. The average Bonchev–Trinajstić information content (AvgIpc) is 2.58. The van der Waals surface area contributed by atoms with E-state index < -0.39 is 5.91 Å². The van der Waals surface area contributed by atoms with Crippen molar-refractivity contribution in [2.75, 3.05) is 0 Å². The molecule has 74 valence electrons. The van der Waals surface area contributed by atoms with Gasteiger partial charge in [0, 0.05) is 17.5 Å². The molecule has 0 spiro atoms. The van der Waals surface area contributed by atoms with Crippen LogP contribution >= 0.6 is 0 Å². The third kappa shape index (κ3) is 1.75. The van der Waals surface area contributed by atoms with Crippen molar-refractivity contribution in [3.63, 3.8) is 0 Å². The van der Waals surface area contributed by atoms with Gasteiger partial charge in [-0.2, -0.15) is 0 Å². The van der Waals surface area contributed by atoms with Crippen molar-refractivity contribution in [2.24, 2.45) is 5.73 Å². The van der Waals surface area contributed by atoms with Gasteiger partial charge in [-0.3, -0.25) is 9.59 Å². The SMILES string of the molecule is NC(=O)C#Cc1cccc2c1CCC2=O. The summed E-state index contributed by atoms with van der Waals surface area (Å²) < 4.78 is 0. The number of rotatable bonds is 0. The highest BCUT2D eigenvalue weighted by atomic mass is 16.1. The molecule has 1 aromatic carbocycles. The molecule has 2 N–H and O–H groups in total. The number of hydrogen-bond donors (Lipinski definition) is 1. The number of carbonyl (C=O) groups excluding carboxylic acids is 2. The normalized spacial score (nSPS) is 12.9. The fourth-order valence-electron chi connectivity index (χ4n) is 1.74. The molecule has 1 aliphatic carbocycles. The summed E-state index contributed by atoms with van der Waals surface area (Å²) in [6, 6.07) is 5.36. The van der Waals surface area contributed by atoms with E-state index in [1.165, 1.54) is 0 Å². The standard InChI is InChI=1S/C12H9NO2/c13-12(15)7-4-8-2-1-3-10-9(8)5-6-11(10)14/h1-3H,5-6H2,(H2,13,15). The van der Waals surface area contributed by atoms with Crippen LogP contribution in [0, 0.1) is 11.8 Å². The number of amides is 1. The Morgan fingerprint density at radius 1 is 1.33 bits per heavy atom. The van der Waals surface area contributed by atoms with Crippen molar-refractivity contribution in [3.8, 4) is 11.8 Å². The van der Waals surface area contributed by atoms with Crippen molar-refractivity contribution in [3.05, 3.63) is 34.9 Å². The molecular formula is C12H9NO2. The van der Waals surface area contributed by atoms with E-state index in [0.29, 0.717) is 12.8 Å². The van der Waals surface area contributed by atoms with Crippen molar-refractivity contribution in [1.82, 2.24) is 0 Å². The van der Waals surface area contributed by atoms with E-state index in [9.17, 15) is 9.59 Å². The van der Waals surface area contributed by atoms with E-state index in [1.807, 2.05) is 0 Å². The smallest absolute Gasteiger partial charge is 0.293 e. The summed E-state index contributed by atoms with van der Waals surface area (Å²) in [7, 11) is 0. The van der Waals surface area contributed by atoms with Crippen LogP contribution in [0.2, 0.25) is 0 Å². The Balaban J connectivity index is 2.48. The maximum atomic E-state index is 11.4. The second kappa shape index (κ2) is 3.58. The summed E-state index contributed by atoms with van der Waals surface area (Å²) in [6.45, 7) is 0. The molecule has 0 saturated carbocycles. The van der Waals surface area contributed by atoms with Crippen LogP contribution in [0.4, 0.5) is 0 Å². The minimum atomic E-state index is -0.656. The fraction of sp³-hybridized carbons (Fsp3) is 0.167. The quantitative estimate of drug-likeness (QED) is 0.624. The van der Waals surface area contributed by atoms with Crippen molar-refractivity contribution < 1.29 is 9.59 Å². The van der Waals surface area contributed by atoms with E-state index in [4.69, 9.17) is 5.73 Å². The number of ketones is 1. The van der Waals surface area contributed by atoms with Crippen LogP contribution in [0.15, 0.2) is 18.2 Å². The number of primary amides is 1. The van der Waals surface area contributed by atoms with Gasteiger partial charge in [0.1, 0.15) is 0 Å². The molecule has 3 nitrogen and oxygen atoms in total. The lowest BCUT2D eigenvalue weighted by atomic mass is 10.0. The zero-order valence-corrected chi connectivity index (χ0v) is 8.04.